The van der Waals surface area contributed by atoms with Gasteiger partial charge in [0.2, 0.25) is 0 Å². The van der Waals surface area contributed by atoms with Crippen molar-refractivity contribution in [2.75, 3.05) is 0 Å². The van der Waals surface area contributed by atoms with Crippen LogP contribution in [0, 0.1) is 11.3 Å². The monoisotopic (exact) mass is 166 g/mol. The Hall–Kier alpha value is -0.590. The van der Waals surface area contributed by atoms with Gasteiger partial charge >= 0.3 is 0 Å². The summed E-state index contributed by atoms with van der Waals surface area (Å²) in [5.41, 5.74) is 0.279. The minimum atomic E-state index is 0.279. The predicted octanol–water partition coefficient (Wildman–Crippen LogP) is 2.96. The molecule has 1 rings (SSSR count). The maximum absolute atomic E-state index is 11.3. The number of hydrogen-bond acceptors (Lipinski definition) is 1. The fraction of sp³-hybridized carbons (Fsp3) is 0.727. The second-order valence-electron chi connectivity index (χ2n) is 4.71. The lowest BCUT2D eigenvalue weighted by Crippen LogP contribution is -2.21. The van der Waals surface area contributed by atoms with Gasteiger partial charge in [-0.1, -0.05) is 26.8 Å². The third-order valence-electron chi connectivity index (χ3n) is 2.66. The summed E-state index contributed by atoms with van der Waals surface area (Å²) in [6.45, 7) is 6.66. The molecule has 0 saturated heterocycles. The maximum atomic E-state index is 11.3. The topological polar surface area (TPSA) is 17.1 Å². The maximum Gasteiger partial charge on any atom is 0.155 e. The van der Waals surface area contributed by atoms with Crippen LogP contribution in [0.1, 0.15) is 40.0 Å². The molecule has 1 atom stereocenters. The van der Waals surface area contributed by atoms with Gasteiger partial charge < -0.3 is 0 Å². The summed E-state index contributed by atoms with van der Waals surface area (Å²) in [4.78, 5) is 11.3. The Morgan fingerprint density at radius 3 is 2.67 bits per heavy atom. The fourth-order valence-electron chi connectivity index (χ4n) is 1.66. The van der Waals surface area contributed by atoms with E-state index in [0.29, 0.717) is 11.7 Å². The van der Waals surface area contributed by atoms with Crippen LogP contribution in [-0.4, -0.2) is 5.78 Å². The second-order valence-corrected chi connectivity index (χ2v) is 4.71. The van der Waals surface area contributed by atoms with E-state index in [4.69, 9.17) is 0 Å². The Bertz CT molecular complexity index is 196. The number of hydrogen-bond donors (Lipinski definition) is 0. The molecule has 0 aromatic rings. The summed E-state index contributed by atoms with van der Waals surface area (Å²) in [7, 11) is 0. The summed E-state index contributed by atoms with van der Waals surface area (Å²) in [5, 5.41) is 0. The van der Waals surface area contributed by atoms with Crippen LogP contribution in [0.25, 0.3) is 0 Å². The molecule has 0 bridgehead atoms. The number of allylic oxidation sites excluding steroid dienone is 2. The molecule has 0 heterocycles. The Labute approximate surface area is 74.9 Å². The van der Waals surface area contributed by atoms with Crippen LogP contribution < -0.4 is 0 Å². The first kappa shape index (κ1) is 9.50. The van der Waals surface area contributed by atoms with Gasteiger partial charge in [0, 0.05) is 6.42 Å². The van der Waals surface area contributed by atoms with Crippen LogP contribution in [-0.2, 0) is 4.79 Å². The molecule has 0 aliphatic heterocycles. The van der Waals surface area contributed by atoms with Gasteiger partial charge in [-0.3, -0.25) is 4.79 Å². The molecule has 0 spiro atoms. The van der Waals surface area contributed by atoms with E-state index < -0.39 is 0 Å². The number of carbonyl (C=O) groups excluding carboxylic acids is 1. The third kappa shape index (κ3) is 2.47. The van der Waals surface area contributed by atoms with Crippen molar-refractivity contribution in [2.24, 2.45) is 11.3 Å². The van der Waals surface area contributed by atoms with Gasteiger partial charge in [-0.25, -0.2) is 0 Å². The molecule has 1 aliphatic carbocycles. The van der Waals surface area contributed by atoms with Gasteiger partial charge in [0.25, 0.3) is 0 Å². The predicted molar refractivity (Wildman–Crippen MR) is 50.9 cm³/mol. The van der Waals surface area contributed by atoms with Crippen LogP contribution in [0.15, 0.2) is 12.2 Å². The highest BCUT2D eigenvalue weighted by Crippen LogP contribution is 2.33. The van der Waals surface area contributed by atoms with Crippen molar-refractivity contribution >= 4 is 5.78 Å². The molecule has 1 nitrogen and oxygen atoms in total. The van der Waals surface area contributed by atoms with E-state index in [2.05, 4.69) is 20.8 Å². The van der Waals surface area contributed by atoms with E-state index >= 15 is 0 Å². The molecule has 1 unspecified atom stereocenters. The molecule has 1 heteroatoms. The highest BCUT2D eigenvalue weighted by Gasteiger charge is 2.26. The number of ketones is 1. The normalized spacial score (nSPS) is 25.6. The van der Waals surface area contributed by atoms with E-state index in [1.807, 2.05) is 6.08 Å². The summed E-state index contributed by atoms with van der Waals surface area (Å²) >= 11 is 0. The molecule has 0 aromatic carbocycles. The van der Waals surface area contributed by atoms with Gasteiger partial charge in [0.1, 0.15) is 0 Å². The molecule has 0 saturated carbocycles. The number of carbonyl (C=O) groups is 1. The van der Waals surface area contributed by atoms with Crippen LogP contribution in [0.4, 0.5) is 0 Å². The van der Waals surface area contributed by atoms with E-state index in [1.54, 1.807) is 6.08 Å². The molecule has 0 radical (unpaired) electrons. The lowest BCUT2D eigenvalue weighted by molar-refractivity contribution is -0.116. The van der Waals surface area contributed by atoms with Gasteiger partial charge in [-0.2, -0.15) is 0 Å². The lowest BCUT2D eigenvalue weighted by Gasteiger charge is -2.28. The average molecular weight is 166 g/mol. The molecule has 0 N–H and O–H groups in total. The zero-order valence-electron chi connectivity index (χ0n) is 8.26. The van der Waals surface area contributed by atoms with Crippen molar-refractivity contribution in [3.05, 3.63) is 12.2 Å². The Morgan fingerprint density at radius 1 is 1.42 bits per heavy atom. The molecule has 1 aliphatic rings. The van der Waals surface area contributed by atoms with Crippen molar-refractivity contribution in [1.82, 2.24) is 0 Å². The Morgan fingerprint density at radius 2 is 2.08 bits per heavy atom. The Kier molecular flexibility index (Phi) is 2.71. The van der Waals surface area contributed by atoms with E-state index in [-0.39, 0.29) is 5.41 Å². The molecule has 12 heavy (non-hydrogen) atoms. The van der Waals surface area contributed by atoms with E-state index in [9.17, 15) is 4.79 Å². The van der Waals surface area contributed by atoms with E-state index in [0.717, 1.165) is 19.3 Å². The first-order valence-electron chi connectivity index (χ1n) is 4.69. The first-order valence-corrected chi connectivity index (χ1v) is 4.69. The SMILES string of the molecule is CC(C)(C)C1CCC=CC(=O)C1. The molecule has 0 amide bonds. The fourth-order valence-corrected chi connectivity index (χ4v) is 1.66. The highest BCUT2D eigenvalue weighted by atomic mass is 16.1. The molecule has 0 aromatic heterocycles. The largest absolute Gasteiger partial charge is 0.295 e. The molecular formula is C11H18O. The van der Waals surface area contributed by atoms with Crippen molar-refractivity contribution in [2.45, 2.75) is 40.0 Å². The smallest absolute Gasteiger partial charge is 0.155 e. The first-order chi connectivity index (χ1) is 5.50. The summed E-state index contributed by atoms with van der Waals surface area (Å²) in [6.07, 6.45) is 6.71. The van der Waals surface area contributed by atoms with Gasteiger partial charge in [-0.05, 0) is 30.3 Å². The summed E-state index contributed by atoms with van der Waals surface area (Å²) in [5.74, 6) is 0.854. The Balaban J connectivity index is 2.64. The van der Waals surface area contributed by atoms with Crippen LogP contribution in [0.5, 0.6) is 0 Å². The molecule has 0 fully saturated rings. The third-order valence-corrected chi connectivity index (χ3v) is 2.66. The highest BCUT2D eigenvalue weighted by molar-refractivity contribution is 5.90. The molecule has 68 valence electrons. The zero-order valence-corrected chi connectivity index (χ0v) is 8.26. The van der Waals surface area contributed by atoms with Crippen LogP contribution in [0.2, 0.25) is 0 Å². The zero-order chi connectivity index (χ0) is 9.19. The van der Waals surface area contributed by atoms with Crippen molar-refractivity contribution in [3.63, 3.8) is 0 Å². The molecular weight excluding hydrogens is 148 g/mol. The summed E-state index contributed by atoms with van der Waals surface area (Å²) < 4.78 is 0. The minimum absolute atomic E-state index is 0.279. The number of rotatable bonds is 0. The van der Waals surface area contributed by atoms with Crippen molar-refractivity contribution < 1.29 is 4.79 Å². The van der Waals surface area contributed by atoms with Crippen LogP contribution >= 0.6 is 0 Å². The summed E-state index contributed by atoms with van der Waals surface area (Å²) in [6, 6.07) is 0. The average Bonchev–Trinajstić information content (AvgIpc) is 2.11. The van der Waals surface area contributed by atoms with Crippen molar-refractivity contribution in [3.8, 4) is 0 Å². The van der Waals surface area contributed by atoms with E-state index in [1.165, 1.54) is 0 Å². The lowest BCUT2D eigenvalue weighted by atomic mass is 9.76. The quantitative estimate of drug-likeness (QED) is 0.540. The minimum Gasteiger partial charge on any atom is -0.295 e. The standard InChI is InChI=1S/C11H18O/c1-11(2,3)9-6-4-5-7-10(12)8-9/h5,7,9H,4,6,8H2,1-3H3. The second kappa shape index (κ2) is 3.42. The van der Waals surface area contributed by atoms with Crippen molar-refractivity contribution in [1.29, 1.82) is 0 Å². The van der Waals surface area contributed by atoms with Gasteiger partial charge in [-0.15, -0.1) is 0 Å². The van der Waals surface area contributed by atoms with Gasteiger partial charge in [0.05, 0.1) is 0 Å². The van der Waals surface area contributed by atoms with Gasteiger partial charge in [0.15, 0.2) is 5.78 Å². The van der Waals surface area contributed by atoms with Crippen LogP contribution in [0.3, 0.4) is 0 Å².